The van der Waals surface area contributed by atoms with Gasteiger partial charge in [-0.1, -0.05) is 51.9 Å². The lowest BCUT2D eigenvalue weighted by Gasteiger charge is -2.12. The fourth-order valence-corrected chi connectivity index (χ4v) is 3.04. The molecule has 0 aliphatic rings. The molecule has 3 N–H and O–H groups in total. The van der Waals surface area contributed by atoms with Crippen molar-refractivity contribution in [3.63, 3.8) is 0 Å². The standard InChI is InChI=1S/C20H33NO3/c1-3-4-5-6-7-8-9-10-11-16-14-18(20(22)23)17(12-13-24-2)19(21)15-16/h14-15H,3-13,21H2,1-2H3,(H,22,23). The van der Waals surface area contributed by atoms with Gasteiger partial charge in [0.05, 0.1) is 12.2 Å². The molecule has 1 aromatic carbocycles. The van der Waals surface area contributed by atoms with E-state index in [2.05, 4.69) is 6.92 Å². The lowest BCUT2D eigenvalue weighted by atomic mass is 9.96. The van der Waals surface area contributed by atoms with Crippen LogP contribution in [0.4, 0.5) is 5.69 Å². The number of rotatable bonds is 13. The smallest absolute Gasteiger partial charge is 0.336 e. The van der Waals surface area contributed by atoms with E-state index < -0.39 is 5.97 Å². The third kappa shape index (κ3) is 7.35. The van der Waals surface area contributed by atoms with Gasteiger partial charge >= 0.3 is 5.97 Å². The number of carboxylic acids is 1. The summed E-state index contributed by atoms with van der Waals surface area (Å²) in [6, 6.07) is 3.71. The van der Waals surface area contributed by atoms with E-state index in [1.807, 2.05) is 6.07 Å². The van der Waals surface area contributed by atoms with Crippen LogP contribution >= 0.6 is 0 Å². The summed E-state index contributed by atoms with van der Waals surface area (Å²) in [5, 5.41) is 9.43. The quantitative estimate of drug-likeness (QED) is 0.400. The largest absolute Gasteiger partial charge is 0.478 e. The first-order chi connectivity index (χ1) is 11.6. The SMILES string of the molecule is CCCCCCCCCCc1cc(N)c(CCOC)c(C(=O)O)c1. The van der Waals surface area contributed by atoms with Crippen LogP contribution in [0.1, 0.15) is 79.8 Å². The zero-order valence-electron chi connectivity index (χ0n) is 15.3. The van der Waals surface area contributed by atoms with E-state index in [9.17, 15) is 9.90 Å². The van der Waals surface area contributed by atoms with E-state index in [1.165, 1.54) is 44.9 Å². The number of carboxylic acid groups (broad SMARTS) is 1. The molecule has 0 aromatic heterocycles. The van der Waals surface area contributed by atoms with Crippen LogP contribution in [-0.2, 0) is 17.6 Å². The van der Waals surface area contributed by atoms with Gasteiger partial charge in [0.25, 0.3) is 0 Å². The normalized spacial score (nSPS) is 10.9. The molecule has 0 fully saturated rings. The van der Waals surface area contributed by atoms with Gasteiger partial charge in [0, 0.05) is 12.8 Å². The van der Waals surface area contributed by atoms with E-state index >= 15 is 0 Å². The van der Waals surface area contributed by atoms with Crippen LogP contribution in [0.15, 0.2) is 12.1 Å². The van der Waals surface area contributed by atoms with Crippen molar-refractivity contribution in [2.24, 2.45) is 0 Å². The summed E-state index contributed by atoms with van der Waals surface area (Å²) in [7, 11) is 1.60. The van der Waals surface area contributed by atoms with Crippen molar-refractivity contribution < 1.29 is 14.6 Å². The highest BCUT2D eigenvalue weighted by molar-refractivity contribution is 5.91. The van der Waals surface area contributed by atoms with Gasteiger partial charge in [0.15, 0.2) is 0 Å². The molecule has 0 radical (unpaired) electrons. The second-order valence-electron chi connectivity index (χ2n) is 6.48. The number of hydrogen-bond donors (Lipinski definition) is 2. The van der Waals surface area contributed by atoms with Gasteiger partial charge in [-0.05, 0) is 42.5 Å². The van der Waals surface area contributed by atoms with Crippen LogP contribution in [0.2, 0.25) is 0 Å². The van der Waals surface area contributed by atoms with Crippen molar-refractivity contribution in [3.8, 4) is 0 Å². The van der Waals surface area contributed by atoms with Gasteiger partial charge in [0.2, 0.25) is 0 Å². The number of unbranched alkanes of at least 4 members (excludes halogenated alkanes) is 7. The minimum atomic E-state index is -0.912. The third-order valence-electron chi connectivity index (χ3n) is 4.45. The Bertz CT molecular complexity index is 500. The van der Waals surface area contributed by atoms with Crippen molar-refractivity contribution >= 4 is 11.7 Å². The van der Waals surface area contributed by atoms with E-state index in [1.54, 1.807) is 13.2 Å². The molecule has 4 nitrogen and oxygen atoms in total. The first kappa shape index (κ1) is 20.5. The topological polar surface area (TPSA) is 72.5 Å². The summed E-state index contributed by atoms with van der Waals surface area (Å²) in [6.45, 7) is 2.71. The molecule has 24 heavy (non-hydrogen) atoms. The second-order valence-corrected chi connectivity index (χ2v) is 6.48. The highest BCUT2D eigenvalue weighted by Gasteiger charge is 2.14. The molecule has 0 bridgehead atoms. The molecule has 1 aromatic rings. The van der Waals surface area contributed by atoms with Crippen LogP contribution in [0.3, 0.4) is 0 Å². The highest BCUT2D eigenvalue weighted by atomic mass is 16.5. The number of nitrogens with two attached hydrogens (primary N) is 1. The Labute approximate surface area is 146 Å². The first-order valence-electron chi connectivity index (χ1n) is 9.23. The van der Waals surface area contributed by atoms with Gasteiger partial charge in [-0.3, -0.25) is 0 Å². The average molecular weight is 335 g/mol. The Morgan fingerprint density at radius 3 is 2.25 bits per heavy atom. The van der Waals surface area contributed by atoms with Crippen LogP contribution in [0.25, 0.3) is 0 Å². The molecule has 0 unspecified atom stereocenters. The number of aryl methyl sites for hydroxylation is 1. The van der Waals surface area contributed by atoms with E-state index in [-0.39, 0.29) is 0 Å². The minimum Gasteiger partial charge on any atom is -0.478 e. The summed E-state index contributed by atoms with van der Waals surface area (Å²) >= 11 is 0. The zero-order valence-corrected chi connectivity index (χ0v) is 15.3. The van der Waals surface area contributed by atoms with Gasteiger partial charge in [-0.2, -0.15) is 0 Å². The van der Waals surface area contributed by atoms with Crippen molar-refractivity contribution in [2.75, 3.05) is 19.5 Å². The Morgan fingerprint density at radius 2 is 1.67 bits per heavy atom. The van der Waals surface area contributed by atoms with Crippen molar-refractivity contribution in [1.29, 1.82) is 0 Å². The highest BCUT2D eigenvalue weighted by Crippen LogP contribution is 2.23. The number of carbonyl (C=O) groups is 1. The predicted molar refractivity (Wildman–Crippen MR) is 99.7 cm³/mol. The number of methoxy groups -OCH3 is 1. The molecule has 0 saturated carbocycles. The van der Waals surface area contributed by atoms with E-state index in [0.717, 1.165) is 18.4 Å². The third-order valence-corrected chi connectivity index (χ3v) is 4.45. The number of ether oxygens (including phenoxy) is 1. The first-order valence-corrected chi connectivity index (χ1v) is 9.23. The number of anilines is 1. The maximum Gasteiger partial charge on any atom is 0.336 e. The molecule has 1 rings (SSSR count). The molecule has 0 atom stereocenters. The van der Waals surface area contributed by atoms with Crippen molar-refractivity contribution in [1.82, 2.24) is 0 Å². The van der Waals surface area contributed by atoms with Crippen molar-refractivity contribution in [3.05, 3.63) is 28.8 Å². The number of nitrogen functional groups attached to an aromatic ring is 1. The molecule has 136 valence electrons. The fraction of sp³-hybridized carbons (Fsp3) is 0.650. The zero-order chi connectivity index (χ0) is 17.8. The molecule has 4 heteroatoms. The lowest BCUT2D eigenvalue weighted by Crippen LogP contribution is -2.10. The summed E-state index contributed by atoms with van der Waals surface area (Å²) in [5.74, 6) is -0.912. The van der Waals surface area contributed by atoms with Crippen LogP contribution in [0.5, 0.6) is 0 Å². The molecular formula is C20H33NO3. The Morgan fingerprint density at radius 1 is 1.04 bits per heavy atom. The number of aromatic carboxylic acids is 1. The van der Waals surface area contributed by atoms with Gasteiger partial charge < -0.3 is 15.6 Å². The monoisotopic (exact) mass is 335 g/mol. The average Bonchev–Trinajstić information content (AvgIpc) is 2.55. The van der Waals surface area contributed by atoms with Crippen LogP contribution in [0, 0.1) is 0 Å². The Hall–Kier alpha value is -1.55. The van der Waals surface area contributed by atoms with E-state index in [4.69, 9.17) is 10.5 Å². The molecule has 0 heterocycles. The Balaban J connectivity index is 2.49. The van der Waals surface area contributed by atoms with Gasteiger partial charge in [-0.25, -0.2) is 4.79 Å². The number of hydrogen-bond acceptors (Lipinski definition) is 3. The maximum absolute atomic E-state index is 11.5. The molecule has 0 aliphatic heterocycles. The summed E-state index contributed by atoms with van der Waals surface area (Å²) in [5.41, 5.74) is 8.68. The number of benzene rings is 1. The molecule has 0 spiro atoms. The van der Waals surface area contributed by atoms with Gasteiger partial charge in [0.1, 0.15) is 0 Å². The predicted octanol–water partition coefficient (Wildman–Crippen LogP) is 4.84. The molecule has 0 saturated heterocycles. The van der Waals surface area contributed by atoms with Crippen molar-refractivity contribution in [2.45, 2.75) is 71.1 Å². The fourth-order valence-electron chi connectivity index (χ4n) is 3.04. The van der Waals surface area contributed by atoms with Gasteiger partial charge in [-0.15, -0.1) is 0 Å². The minimum absolute atomic E-state index is 0.321. The lowest BCUT2D eigenvalue weighted by molar-refractivity contribution is 0.0695. The van der Waals surface area contributed by atoms with Crippen LogP contribution in [-0.4, -0.2) is 24.8 Å². The summed E-state index contributed by atoms with van der Waals surface area (Å²) in [6.07, 6.45) is 11.6. The molecule has 0 amide bonds. The molecule has 0 aliphatic carbocycles. The molecular weight excluding hydrogens is 302 g/mol. The second kappa shape index (κ2) is 11.9. The van der Waals surface area contributed by atoms with Crippen LogP contribution < -0.4 is 5.73 Å². The Kier molecular flexibility index (Phi) is 10.2. The summed E-state index contributed by atoms with van der Waals surface area (Å²) < 4.78 is 5.04. The maximum atomic E-state index is 11.5. The summed E-state index contributed by atoms with van der Waals surface area (Å²) in [4.78, 5) is 11.5. The van der Waals surface area contributed by atoms with E-state index in [0.29, 0.717) is 29.8 Å².